The van der Waals surface area contributed by atoms with Gasteiger partial charge in [-0.05, 0) is 67.4 Å². The van der Waals surface area contributed by atoms with Gasteiger partial charge in [0.2, 0.25) is 0 Å². The average molecular weight is 577 g/mol. The summed E-state index contributed by atoms with van der Waals surface area (Å²) in [5.74, 6) is 1.09. The summed E-state index contributed by atoms with van der Waals surface area (Å²) in [6, 6.07) is 21.8. The summed E-state index contributed by atoms with van der Waals surface area (Å²) in [4.78, 5) is 34.8. The molecule has 3 aromatic carbocycles. The summed E-state index contributed by atoms with van der Waals surface area (Å²) in [6.07, 6.45) is 4.71. The molecule has 0 aliphatic rings. The fourth-order valence-corrected chi connectivity index (χ4v) is 5.05. The zero-order chi connectivity index (χ0) is 27.1. The van der Waals surface area contributed by atoms with E-state index in [9.17, 15) is 9.59 Å². The van der Waals surface area contributed by atoms with Crippen LogP contribution < -0.4 is 10.3 Å². The predicted molar refractivity (Wildman–Crippen MR) is 156 cm³/mol. The predicted octanol–water partition coefficient (Wildman–Crippen LogP) is 7.33. The number of hydrogen-bond donors (Lipinski definition) is 0. The second-order valence-electron chi connectivity index (χ2n) is 9.32. The summed E-state index contributed by atoms with van der Waals surface area (Å²) >= 11 is 3.49. The van der Waals surface area contributed by atoms with Crippen LogP contribution in [0.15, 0.2) is 82.1 Å². The molecule has 1 heterocycles. The standard InChI is InChI=1S/C31H34BrN3O3/c1-4-6-7-10-20-34(30(36)22-12-11-13-25(21-22)38-3)28(5-2)29-33-27-15-9-8-14-26(27)31(37)35(29)24-18-16-23(32)17-19-24/h8-9,11-19,21,28H,4-7,10,20H2,1-3H3. The summed E-state index contributed by atoms with van der Waals surface area (Å²) in [5.41, 5.74) is 1.74. The number of benzene rings is 3. The van der Waals surface area contributed by atoms with Gasteiger partial charge in [0.25, 0.3) is 11.5 Å². The van der Waals surface area contributed by atoms with E-state index in [0.29, 0.717) is 46.7 Å². The number of carbonyl (C=O) groups is 1. The molecule has 4 rings (SSSR count). The maximum absolute atomic E-state index is 14.0. The van der Waals surface area contributed by atoms with Crippen LogP contribution in [0.4, 0.5) is 0 Å². The van der Waals surface area contributed by atoms with E-state index >= 15 is 0 Å². The number of carbonyl (C=O) groups excluding carboxylic acids is 1. The van der Waals surface area contributed by atoms with Crippen LogP contribution in [0.3, 0.4) is 0 Å². The second-order valence-corrected chi connectivity index (χ2v) is 10.2. The van der Waals surface area contributed by atoms with E-state index in [4.69, 9.17) is 9.72 Å². The zero-order valence-electron chi connectivity index (χ0n) is 22.2. The molecule has 0 saturated carbocycles. The Balaban J connectivity index is 1.89. The van der Waals surface area contributed by atoms with Crippen molar-refractivity contribution in [2.45, 2.75) is 52.0 Å². The van der Waals surface area contributed by atoms with Gasteiger partial charge in [0.1, 0.15) is 11.6 Å². The second kappa shape index (κ2) is 12.9. The first kappa shape index (κ1) is 27.6. The monoisotopic (exact) mass is 575 g/mol. The Kier molecular flexibility index (Phi) is 9.34. The minimum absolute atomic E-state index is 0.1000. The molecule has 0 aliphatic carbocycles. The van der Waals surface area contributed by atoms with Gasteiger partial charge in [-0.1, -0.05) is 67.2 Å². The van der Waals surface area contributed by atoms with Crippen LogP contribution in [0, 0.1) is 0 Å². The highest BCUT2D eigenvalue weighted by molar-refractivity contribution is 9.10. The SMILES string of the molecule is CCCCCCN(C(=O)c1cccc(OC)c1)C(CC)c1nc2ccccc2c(=O)n1-c1ccc(Br)cc1. The number of methoxy groups -OCH3 is 1. The normalized spacial score (nSPS) is 11.9. The number of hydrogen-bond acceptors (Lipinski definition) is 4. The maximum Gasteiger partial charge on any atom is 0.266 e. The van der Waals surface area contributed by atoms with E-state index < -0.39 is 6.04 Å². The lowest BCUT2D eigenvalue weighted by molar-refractivity contribution is 0.0654. The molecule has 1 atom stereocenters. The quantitative estimate of drug-likeness (QED) is 0.176. The van der Waals surface area contributed by atoms with Gasteiger partial charge in [-0.15, -0.1) is 0 Å². The Morgan fingerprint density at radius 1 is 1.00 bits per heavy atom. The minimum Gasteiger partial charge on any atom is -0.497 e. The molecule has 198 valence electrons. The van der Waals surface area contributed by atoms with Crippen molar-refractivity contribution in [2.24, 2.45) is 0 Å². The van der Waals surface area contributed by atoms with Gasteiger partial charge < -0.3 is 9.64 Å². The Morgan fingerprint density at radius 2 is 1.76 bits per heavy atom. The lowest BCUT2D eigenvalue weighted by Crippen LogP contribution is -2.39. The van der Waals surface area contributed by atoms with Crippen molar-refractivity contribution in [1.82, 2.24) is 14.5 Å². The van der Waals surface area contributed by atoms with Crippen LogP contribution in [0.1, 0.15) is 68.2 Å². The average Bonchev–Trinajstić information content (AvgIpc) is 2.95. The third kappa shape index (κ3) is 5.99. The van der Waals surface area contributed by atoms with Crippen LogP contribution in [-0.4, -0.2) is 34.0 Å². The molecule has 1 unspecified atom stereocenters. The molecule has 38 heavy (non-hydrogen) atoms. The Labute approximate surface area is 232 Å². The van der Waals surface area contributed by atoms with Crippen molar-refractivity contribution in [2.75, 3.05) is 13.7 Å². The zero-order valence-corrected chi connectivity index (χ0v) is 23.8. The van der Waals surface area contributed by atoms with Gasteiger partial charge in [0.15, 0.2) is 0 Å². The molecule has 7 heteroatoms. The molecular formula is C31H34BrN3O3. The number of aromatic nitrogens is 2. The van der Waals surface area contributed by atoms with Gasteiger partial charge >= 0.3 is 0 Å². The summed E-state index contributed by atoms with van der Waals surface area (Å²) in [7, 11) is 1.59. The van der Waals surface area contributed by atoms with Crippen LogP contribution >= 0.6 is 15.9 Å². The van der Waals surface area contributed by atoms with Crippen LogP contribution in [0.25, 0.3) is 16.6 Å². The number of para-hydroxylation sites is 1. The van der Waals surface area contributed by atoms with E-state index in [2.05, 4.69) is 22.9 Å². The van der Waals surface area contributed by atoms with Crippen LogP contribution in [0.2, 0.25) is 0 Å². The Hall–Kier alpha value is -3.45. The third-order valence-electron chi connectivity index (χ3n) is 6.78. The number of nitrogens with zero attached hydrogens (tertiary/aromatic N) is 3. The van der Waals surface area contributed by atoms with E-state index in [0.717, 1.165) is 30.2 Å². The highest BCUT2D eigenvalue weighted by atomic mass is 79.9. The lowest BCUT2D eigenvalue weighted by atomic mass is 10.1. The molecule has 0 spiro atoms. The number of amides is 1. The topological polar surface area (TPSA) is 64.4 Å². The van der Waals surface area contributed by atoms with E-state index in [1.165, 1.54) is 0 Å². The molecule has 1 aromatic heterocycles. The van der Waals surface area contributed by atoms with Crippen molar-refractivity contribution in [1.29, 1.82) is 0 Å². The number of halogens is 1. The minimum atomic E-state index is -0.406. The number of fused-ring (bicyclic) bond motifs is 1. The molecule has 1 amide bonds. The molecule has 6 nitrogen and oxygen atoms in total. The van der Waals surface area contributed by atoms with Gasteiger partial charge in [-0.3, -0.25) is 14.2 Å². The van der Waals surface area contributed by atoms with Gasteiger partial charge in [0.05, 0.1) is 29.7 Å². The van der Waals surface area contributed by atoms with Gasteiger partial charge in [0, 0.05) is 16.6 Å². The molecular weight excluding hydrogens is 542 g/mol. The third-order valence-corrected chi connectivity index (χ3v) is 7.31. The van der Waals surface area contributed by atoms with Crippen LogP contribution in [0.5, 0.6) is 5.75 Å². The summed E-state index contributed by atoms with van der Waals surface area (Å²) in [6.45, 7) is 4.78. The first-order chi connectivity index (χ1) is 18.5. The maximum atomic E-state index is 14.0. The largest absolute Gasteiger partial charge is 0.497 e. The van der Waals surface area contributed by atoms with Crippen molar-refractivity contribution >= 4 is 32.7 Å². The molecule has 0 bridgehead atoms. The van der Waals surface area contributed by atoms with Crippen molar-refractivity contribution in [3.8, 4) is 11.4 Å². The first-order valence-corrected chi connectivity index (χ1v) is 14.0. The molecule has 0 saturated heterocycles. The summed E-state index contributed by atoms with van der Waals surface area (Å²) in [5, 5.41) is 0.544. The van der Waals surface area contributed by atoms with Crippen LogP contribution in [-0.2, 0) is 0 Å². The number of rotatable bonds is 11. The highest BCUT2D eigenvalue weighted by Gasteiger charge is 2.29. The number of unbranched alkanes of at least 4 members (excludes halogenated alkanes) is 3. The molecule has 0 aliphatic heterocycles. The van der Waals surface area contributed by atoms with Crippen molar-refractivity contribution < 1.29 is 9.53 Å². The number of ether oxygens (including phenoxy) is 1. The Bertz CT molecular complexity index is 1450. The van der Waals surface area contributed by atoms with Crippen molar-refractivity contribution in [3.63, 3.8) is 0 Å². The Morgan fingerprint density at radius 3 is 2.47 bits per heavy atom. The van der Waals surface area contributed by atoms with Gasteiger partial charge in [-0.25, -0.2) is 4.98 Å². The first-order valence-electron chi connectivity index (χ1n) is 13.2. The fraction of sp³-hybridized carbons (Fsp3) is 0.323. The molecule has 0 fully saturated rings. The van der Waals surface area contributed by atoms with Crippen molar-refractivity contribution in [3.05, 3.63) is 99.0 Å². The summed E-state index contributed by atoms with van der Waals surface area (Å²) < 4.78 is 7.97. The lowest BCUT2D eigenvalue weighted by Gasteiger charge is -2.32. The highest BCUT2D eigenvalue weighted by Crippen LogP contribution is 2.29. The smallest absolute Gasteiger partial charge is 0.266 e. The van der Waals surface area contributed by atoms with Gasteiger partial charge in [-0.2, -0.15) is 0 Å². The van der Waals surface area contributed by atoms with E-state index in [-0.39, 0.29) is 11.5 Å². The molecule has 0 radical (unpaired) electrons. The van der Waals surface area contributed by atoms with E-state index in [1.54, 1.807) is 23.8 Å². The molecule has 0 N–H and O–H groups in total. The molecule has 4 aromatic rings. The van der Waals surface area contributed by atoms with E-state index in [1.807, 2.05) is 72.5 Å². The fourth-order valence-electron chi connectivity index (χ4n) is 4.79.